The first-order chi connectivity index (χ1) is 14.5. The minimum Gasteiger partial charge on any atom is -0.311 e. The Morgan fingerprint density at radius 1 is 0.967 bits per heavy atom. The van der Waals surface area contributed by atoms with Crippen LogP contribution in [0, 0.1) is 19.8 Å². The second kappa shape index (κ2) is 8.54. The van der Waals surface area contributed by atoms with Gasteiger partial charge in [-0.3, -0.25) is 9.59 Å². The number of carbonyl (C=O) groups is 2. The predicted octanol–water partition coefficient (Wildman–Crippen LogP) is 4.89. The topological polar surface area (TPSA) is 40.6 Å². The summed E-state index contributed by atoms with van der Waals surface area (Å²) in [4.78, 5) is 29.9. The van der Waals surface area contributed by atoms with Gasteiger partial charge in [0.25, 0.3) is 0 Å². The number of benzene rings is 3. The molecule has 0 spiro atoms. The highest BCUT2D eigenvalue weighted by Gasteiger charge is 2.38. The number of anilines is 2. The van der Waals surface area contributed by atoms with Gasteiger partial charge in [-0.25, -0.2) is 0 Å². The first-order valence-corrected chi connectivity index (χ1v) is 10.3. The Kier molecular flexibility index (Phi) is 5.66. The molecule has 1 unspecified atom stereocenters. The van der Waals surface area contributed by atoms with Crippen LogP contribution in [-0.2, 0) is 16.1 Å². The first kappa shape index (κ1) is 19.9. The van der Waals surface area contributed by atoms with Gasteiger partial charge in [-0.2, -0.15) is 0 Å². The van der Waals surface area contributed by atoms with Crippen LogP contribution in [0.25, 0.3) is 0 Å². The molecule has 0 radical (unpaired) electrons. The van der Waals surface area contributed by atoms with E-state index in [1.54, 1.807) is 9.80 Å². The summed E-state index contributed by atoms with van der Waals surface area (Å²) < 4.78 is 0. The zero-order chi connectivity index (χ0) is 21.1. The smallest absolute Gasteiger partial charge is 0.232 e. The molecule has 0 N–H and O–H groups in total. The van der Waals surface area contributed by atoms with E-state index in [2.05, 4.69) is 6.07 Å². The van der Waals surface area contributed by atoms with Gasteiger partial charge in [-0.15, -0.1) is 0 Å². The highest BCUT2D eigenvalue weighted by molar-refractivity contribution is 6.04. The third-order valence-corrected chi connectivity index (χ3v) is 5.63. The van der Waals surface area contributed by atoms with Crippen molar-refractivity contribution in [3.8, 4) is 0 Å². The summed E-state index contributed by atoms with van der Waals surface area (Å²) in [6.07, 6.45) is 0.240. The normalized spacial score (nSPS) is 16.0. The largest absolute Gasteiger partial charge is 0.311 e. The summed E-state index contributed by atoms with van der Waals surface area (Å²) in [6, 6.07) is 25.7. The standard InChI is InChI=1S/C26H26N2O2/c1-19-13-14-24(20(2)15-19)28-18-22(16-25(28)29)26(30)27(23-11-7-4-8-12-23)17-21-9-5-3-6-10-21/h3-15,22H,16-18H2,1-2H3. The van der Waals surface area contributed by atoms with E-state index in [0.29, 0.717) is 13.1 Å². The molecule has 0 aromatic heterocycles. The monoisotopic (exact) mass is 398 g/mol. The highest BCUT2D eigenvalue weighted by Crippen LogP contribution is 2.31. The lowest BCUT2D eigenvalue weighted by molar-refractivity contribution is -0.124. The number of aryl methyl sites for hydroxylation is 2. The third-order valence-electron chi connectivity index (χ3n) is 5.63. The molecule has 4 nitrogen and oxygen atoms in total. The van der Waals surface area contributed by atoms with Gasteiger partial charge in [0.1, 0.15) is 0 Å². The highest BCUT2D eigenvalue weighted by atomic mass is 16.2. The van der Waals surface area contributed by atoms with E-state index >= 15 is 0 Å². The van der Waals surface area contributed by atoms with Gasteiger partial charge < -0.3 is 9.80 Å². The number of carbonyl (C=O) groups excluding carboxylic acids is 2. The van der Waals surface area contributed by atoms with E-state index in [-0.39, 0.29) is 24.2 Å². The molecule has 0 saturated carbocycles. The number of hydrogen-bond acceptors (Lipinski definition) is 2. The predicted molar refractivity (Wildman–Crippen MR) is 120 cm³/mol. The molecule has 0 bridgehead atoms. The quantitative estimate of drug-likeness (QED) is 0.614. The fourth-order valence-electron chi connectivity index (χ4n) is 4.10. The van der Waals surface area contributed by atoms with Crippen molar-refractivity contribution in [3.05, 3.63) is 95.6 Å². The van der Waals surface area contributed by atoms with Crippen LogP contribution in [0.5, 0.6) is 0 Å². The maximum Gasteiger partial charge on any atom is 0.232 e. The van der Waals surface area contributed by atoms with Gasteiger partial charge in [0.05, 0.1) is 12.5 Å². The zero-order valence-corrected chi connectivity index (χ0v) is 17.4. The molecule has 4 rings (SSSR count). The SMILES string of the molecule is Cc1ccc(N2CC(C(=O)N(Cc3ccccc3)c3ccccc3)CC2=O)c(C)c1. The number of amides is 2. The van der Waals surface area contributed by atoms with Gasteiger partial charge in [-0.05, 0) is 43.2 Å². The average Bonchev–Trinajstić information content (AvgIpc) is 3.14. The molecule has 1 heterocycles. The minimum absolute atomic E-state index is 0.00743. The molecule has 3 aromatic carbocycles. The lowest BCUT2D eigenvalue weighted by Crippen LogP contribution is -2.37. The third kappa shape index (κ3) is 4.13. The Bertz CT molecular complexity index is 1050. The van der Waals surface area contributed by atoms with Crippen molar-refractivity contribution < 1.29 is 9.59 Å². The van der Waals surface area contributed by atoms with Gasteiger partial charge >= 0.3 is 0 Å². The van der Waals surface area contributed by atoms with Crippen molar-refractivity contribution >= 4 is 23.2 Å². The number of hydrogen-bond donors (Lipinski definition) is 0. The Morgan fingerprint density at radius 3 is 2.30 bits per heavy atom. The lowest BCUT2D eigenvalue weighted by atomic mass is 10.1. The van der Waals surface area contributed by atoms with E-state index in [1.165, 1.54) is 0 Å². The summed E-state index contributed by atoms with van der Waals surface area (Å²) in [5, 5.41) is 0. The molecule has 1 aliphatic rings. The van der Waals surface area contributed by atoms with Crippen LogP contribution in [0.3, 0.4) is 0 Å². The molecule has 30 heavy (non-hydrogen) atoms. The van der Waals surface area contributed by atoms with Crippen molar-refractivity contribution in [3.63, 3.8) is 0 Å². The average molecular weight is 399 g/mol. The van der Waals surface area contributed by atoms with Crippen LogP contribution >= 0.6 is 0 Å². The van der Waals surface area contributed by atoms with E-state index in [1.807, 2.05) is 86.6 Å². The fourth-order valence-corrected chi connectivity index (χ4v) is 4.10. The van der Waals surface area contributed by atoms with Gasteiger partial charge in [0, 0.05) is 24.3 Å². The zero-order valence-electron chi connectivity index (χ0n) is 17.4. The Labute approximate surface area is 177 Å². The van der Waals surface area contributed by atoms with Gasteiger partial charge in [0.2, 0.25) is 11.8 Å². The van der Waals surface area contributed by atoms with Crippen molar-refractivity contribution in [2.24, 2.45) is 5.92 Å². The molecule has 4 heteroatoms. The fraction of sp³-hybridized carbons (Fsp3) is 0.231. The van der Waals surface area contributed by atoms with Crippen LogP contribution < -0.4 is 9.80 Å². The molecule has 1 atom stereocenters. The number of para-hydroxylation sites is 1. The number of nitrogens with zero attached hydrogens (tertiary/aromatic N) is 2. The molecule has 152 valence electrons. The molecule has 2 amide bonds. The molecule has 1 aliphatic heterocycles. The second-order valence-electron chi connectivity index (χ2n) is 7.94. The van der Waals surface area contributed by atoms with Crippen LogP contribution in [0.15, 0.2) is 78.9 Å². The molecule has 1 saturated heterocycles. The summed E-state index contributed by atoms with van der Waals surface area (Å²) in [7, 11) is 0. The van der Waals surface area contributed by atoms with Crippen LogP contribution in [0.2, 0.25) is 0 Å². The van der Waals surface area contributed by atoms with Crippen molar-refractivity contribution in [1.82, 2.24) is 0 Å². The maximum absolute atomic E-state index is 13.6. The Morgan fingerprint density at radius 2 is 1.63 bits per heavy atom. The van der Waals surface area contributed by atoms with E-state index in [0.717, 1.165) is 28.1 Å². The van der Waals surface area contributed by atoms with Gasteiger partial charge in [0.15, 0.2) is 0 Å². The Balaban J connectivity index is 1.59. The van der Waals surface area contributed by atoms with Crippen LogP contribution in [0.4, 0.5) is 11.4 Å². The maximum atomic E-state index is 13.6. The van der Waals surface area contributed by atoms with E-state index in [9.17, 15) is 9.59 Å². The molecular weight excluding hydrogens is 372 g/mol. The first-order valence-electron chi connectivity index (χ1n) is 10.3. The summed E-state index contributed by atoms with van der Waals surface area (Å²) in [6.45, 7) is 4.95. The van der Waals surface area contributed by atoms with Crippen molar-refractivity contribution in [2.75, 3.05) is 16.3 Å². The summed E-state index contributed by atoms with van der Waals surface area (Å²) >= 11 is 0. The summed E-state index contributed by atoms with van der Waals surface area (Å²) in [5.41, 5.74) is 5.03. The van der Waals surface area contributed by atoms with E-state index in [4.69, 9.17) is 0 Å². The molecule has 3 aromatic rings. The summed E-state index contributed by atoms with van der Waals surface area (Å²) in [5.74, 6) is -0.360. The Hall–Kier alpha value is -3.40. The molecule has 0 aliphatic carbocycles. The van der Waals surface area contributed by atoms with Crippen molar-refractivity contribution in [2.45, 2.75) is 26.8 Å². The van der Waals surface area contributed by atoms with Crippen molar-refractivity contribution in [1.29, 1.82) is 0 Å². The van der Waals surface area contributed by atoms with Crippen LogP contribution in [-0.4, -0.2) is 18.4 Å². The second-order valence-corrected chi connectivity index (χ2v) is 7.94. The van der Waals surface area contributed by atoms with E-state index < -0.39 is 0 Å². The lowest BCUT2D eigenvalue weighted by Gasteiger charge is -2.26. The van der Waals surface area contributed by atoms with Crippen LogP contribution in [0.1, 0.15) is 23.1 Å². The van der Waals surface area contributed by atoms with Gasteiger partial charge in [-0.1, -0.05) is 66.2 Å². The molecule has 1 fully saturated rings. The minimum atomic E-state index is -0.359. The number of rotatable bonds is 5. The molecular formula is C26H26N2O2.